The van der Waals surface area contributed by atoms with E-state index in [1.807, 2.05) is 0 Å². The lowest BCUT2D eigenvalue weighted by Gasteiger charge is -2.32. The Hall–Kier alpha value is -0.160. The van der Waals surface area contributed by atoms with E-state index >= 15 is 0 Å². The lowest BCUT2D eigenvalue weighted by Crippen LogP contribution is -2.45. The Bertz CT molecular complexity index is 199. The molecule has 0 radical (unpaired) electrons. The van der Waals surface area contributed by atoms with Crippen molar-refractivity contribution >= 4 is 0 Å². The molecule has 2 rings (SSSR count). The van der Waals surface area contributed by atoms with Crippen LogP contribution in [0.2, 0.25) is 0 Å². The number of likely N-dealkylation sites (N-methyl/N-ethyl adjacent to an activating group) is 1. The Morgan fingerprint density at radius 2 is 2.00 bits per heavy atom. The number of nitrogens with one attached hydrogen (secondary N) is 1. The summed E-state index contributed by atoms with van der Waals surface area (Å²) in [5, 5.41) is 3.52. The Kier molecular flexibility index (Phi) is 5.71. The molecule has 17 heavy (non-hydrogen) atoms. The molecule has 0 aromatic rings. The van der Waals surface area contributed by atoms with E-state index in [0.717, 1.165) is 19.8 Å². The SMILES string of the molecule is CN1CCN(CCOCC2CCCCN2)CC1. The maximum atomic E-state index is 5.78. The number of rotatable bonds is 5. The molecule has 1 N–H and O–H groups in total. The molecule has 0 bridgehead atoms. The molecule has 1 unspecified atom stereocenters. The molecule has 100 valence electrons. The first-order valence-corrected chi connectivity index (χ1v) is 7.06. The predicted octanol–water partition coefficient (Wildman–Crippen LogP) is 0.393. The number of nitrogens with zero attached hydrogens (tertiary/aromatic N) is 2. The molecule has 1 atom stereocenters. The molecule has 4 nitrogen and oxygen atoms in total. The van der Waals surface area contributed by atoms with Gasteiger partial charge in [0.2, 0.25) is 0 Å². The summed E-state index contributed by atoms with van der Waals surface area (Å²) >= 11 is 0. The van der Waals surface area contributed by atoms with Crippen LogP contribution in [0.1, 0.15) is 19.3 Å². The molecule has 0 saturated carbocycles. The summed E-state index contributed by atoms with van der Waals surface area (Å²) in [4.78, 5) is 4.90. The fourth-order valence-corrected chi connectivity index (χ4v) is 2.56. The summed E-state index contributed by atoms with van der Waals surface area (Å²) in [5.41, 5.74) is 0. The lowest BCUT2D eigenvalue weighted by molar-refractivity contribution is 0.0665. The fraction of sp³-hybridized carbons (Fsp3) is 1.00. The highest BCUT2D eigenvalue weighted by molar-refractivity contribution is 4.72. The zero-order chi connectivity index (χ0) is 11.9. The first-order valence-electron chi connectivity index (χ1n) is 7.06. The molecule has 2 aliphatic heterocycles. The Labute approximate surface area is 105 Å². The van der Waals surface area contributed by atoms with Crippen molar-refractivity contribution in [3.63, 3.8) is 0 Å². The van der Waals surface area contributed by atoms with Gasteiger partial charge in [0.05, 0.1) is 13.2 Å². The third-order valence-electron chi connectivity index (χ3n) is 3.88. The van der Waals surface area contributed by atoms with Gasteiger partial charge in [-0.1, -0.05) is 6.42 Å². The van der Waals surface area contributed by atoms with Gasteiger partial charge in [0.15, 0.2) is 0 Å². The molecule has 0 amide bonds. The largest absolute Gasteiger partial charge is 0.379 e. The van der Waals surface area contributed by atoms with E-state index in [2.05, 4.69) is 22.2 Å². The predicted molar refractivity (Wildman–Crippen MR) is 70.4 cm³/mol. The van der Waals surface area contributed by atoms with Gasteiger partial charge in [-0.3, -0.25) is 4.90 Å². The minimum Gasteiger partial charge on any atom is -0.379 e. The van der Waals surface area contributed by atoms with Crippen LogP contribution in [-0.2, 0) is 4.74 Å². The van der Waals surface area contributed by atoms with E-state index in [1.165, 1.54) is 52.0 Å². The summed E-state index contributed by atoms with van der Waals surface area (Å²) in [6.45, 7) is 8.85. The molecule has 0 aromatic heterocycles. The van der Waals surface area contributed by atoms with Crippen molar-refractivity contribution in [3.8, 4) is 0 Å². The molecule has 2 saturated heterocycles. The molecular formula is C13H27N3O. The zero-order valence-electron chi connectivity index (χ0n) is 11.2. The minimum atomic E-state index is 0.608. The first-order chi connectivity index (χ1) is 8.34. The van der Waals surface area contributed by atoms with Crippen molar-refractivity contribution in [2.75, 3.05) is 59.5 Å². The smallest absolute Gasteiger partial charge is 0.0620 e. The third-order valence-corrected chi connectivity index (χ3v) is 3.88. The molecule has 0 aromatic carbocycles. The maximum Gasteiger partial charge on any atom is 0.0620 e. The van der Waals surface area contributed by atoms with Crippen LogP contribution in [-0.4, -0.2) is 75.4 Å². The Morgan fingerprint density at radius 1 is 1.18 bits per heavy atom. The molecule has 4 heteroatoms. The second kappa shape index (κ2) is 7.31. The standard InChI is InChI=1S/C13H27N3O/c1-15-6-8-16(9-7-15)10-11-17-12-13-4-2-3-5-14-13/h13-14H,2-12H2,1H3. The molecule has 2 heterocycles. The summed E-state index contributed by atoms with van der Waals surface area (Å²) in [5.74, 6) is 0. The zero-order valence-corrected chi connectivity index (χ0v) is 11.2. The average molecular weight is 241 g/mol. The average Bonchev–Trinajstić information content (AvgIpc) is 2.38. The minimum absolute atomic E-state index is 0.608. The quantitative estimate of drug-likeness (QED) is 0.705. The topological polar surface area (TPSA) is 27.7 Å². The van der Waals surface area contributed by atoms with Gasteiger partial charge in [-0.2, -0.15) is 0 Å². The summed E-state index contributed by atoms with van der Waals surface area (Å²) < 4.78 is 5.78. The first kappa shape index (κ1) is 13.3. The van der Waals surface area contributed by atoms with Gasteiger partial charge in [0.25, 0.3) is 0 Å². The van der Waals surface area contributed by atoms with Crippen molar-refractivity contribution in [2.45, 2.75) is 25.3 Å². The highest BCUT2D eigenvalue weighted by atomic mass is 16.5. The van der Waals surface area contributed by atoms with Crippen LogP contribution in [0.25, 0.3) is 0 Å². The van der Waals surface area contributed by atoms with E-state index < -0.39 is 0 Å². The second-order valence-corrected chi connectivity index (χ2v) is 5.37. The van der Waals surface area contributed by atoms with Crippen molar-refractivity contribution in [3.05, 3.63) is 0 Å². The molecular weight excluding hydrogens is 214 g/mol. The molecule has 0 spiro atoms. The van der Waals surface area contributed by atoms with Gasteiger partial charge in [0.1, 0.15) is 0 Å². The lowest BCUT2D eigenvalue weighted by atomic mass is 10.1. The normalized spacial score (nSPS) is 28.4. The highest BCUT2D eigenvalue weighted by Gasteiger charge is 2.14. The third kappa shape index (κ3) is 4.92. The van der Waals surface area contributed by atoms with Gasteiger partial charge >= 0.3 is 0 Å². The number of hydrogen-bond acceptors (Lipinski definition) is 4. The monoisotopic (exact) mass is 241 g/mol. The number of hydrogen-bond donors (Lipinski definition) is 1. The summed E-state index contributed by atoms with van der Waals surface area (Å²) in [6.07, 6.45) is 3.98. The van der Waals surface area contributed by atoms with Crippen LogP contribution in [0.5, 0.6) is 0 Å². The van der Waals surface area contributed by atoms with Gasteiger partial charge < -0.3 is 15.0 Å². The van der Waals surface area contributed by atoms with E-state index in [9.17, 15) is 0 Å². The van der Waals surface area contributed by atoms with Crippen molar-refractivity contribution in [2.24, 2.45) is 0 Å². The number of piperidine rings is 1. The van der Waals surface area contributed by atoms with Crippen LogP contribution in [0.15, 0.2) is 0 Å². The van der Waals surface area contributed by atoms with Crippen LogP contribution >= 0.6 is 0 Å². The van der Waals surface area contributed by atoms with Crippen molar-refractivity contribution in [1.82, 2.24) is 15.1 Å². The fourth-order valence-electron chi connectivity index (χ4n) is 2.56. The maximum absolute atomic E-state index is 5.78. The van der Waals surface area contributed by atoms with Crippen LogP contribution < -0.4 is 5.32 Å². The molecule has 2 aliphatic rings. The van der Waals surface area contributed by atoms with Crippen molar-refractivity contribution < 1.29 is 4.74 Å². The Morgan fingerprint density at radius 3 is 2.71 bits per heavy atom. The van der Waals surface area contributed by atoms with E-state index in [4.69, 9.17) is 4.74 Å². The highest BCUT2D eigenvalue weighted by Crippen LogP contribution is 2.07. The van der Waals surface area contributed by atoms with Gasteiger partial charge in [0, 0.05) is 38.8 Å². The van der Waals surface area contributed by atoms with E-state index in [1.54, 1.807) is 0 Å². The summed E-state index contributed by atoms with van der Waals surface area (Å²) in [7, 11) is 2.20. The number of piperazine rings is 1. The van der Waals surface area contributed by atoms with Crippen LogP contribution in [0.4, 0.5) is 0 Å². The van der Waals surface area contributed by atoms with E-state index in [0.29, 0.717) is 6.04 Å². The summed E-state index contributed by atoms with van der Waals surface area (Å²) in [6, 6.07) is 0.608. The van der Waals surface area contributed by atoms with E-state index in [-0.39, 0.29) is 0 Å². The van der Waals surface area contributed by atoms with Gasteiger partial charge in [-0.25, -0.2) is 0 Å². The molecule has 0 aliphatic carbocycles. The second-order valence-electron chi connectivity index (χ2n) is 5.37. The van der Waals surface area contributed by atoms with Crippen molar-refractivity contribution in [1.29, 1.82) is 0 Å². The molecule has 2 fully saturated rings. The van der Waals surface area contributed by atoms with Gasteiger partial charge in [-0.05, 0) is 26.4 Å². The van der Waals surface area contributed by atoms with Crippen LogP contribution in [0.3, 0.4) is 0 Å². The Balaban J connectivity index is 1.48. The van der Waals surface area contributed by atoms with Gasteiger partial charge in [-0.15, -0.1) is 0 Å². The van der Waals surface area contributed by atoms with Crippen LogP contribution in [0, 0.1) is 0 Å². The number of ether oxygens (including phenoxy) is 1.